The monoisotopic (exact) mass is 297 g/mol. The van der Waals surface area contributed by atoms with Crippen LogP contribution in [-0.4, -0.2) is 18.9 Å². The van der Waals surface area contributed by atoms with Gasteiger partial charge in [0.1, 0.15) is 0 Å². The van der Waals surface area contributed by atoms with Crippen LogP contribution in [-0.2, 0) is 18.4 Å². The van der Waals surface area contributed by atoms with Gasteiger partial charge >= 0.3 is 12.4 Å². The van der Waals surface area contributed by atoms with Crippen molar-refractivity contribution in [3.63, 3.8) is 0 Å². The van der Waals surface area contributed by atoms with Gasteiger partial charge in [-0.05, 0) is 29.5 Å². The van der Waals surface area contributed by atoms with Gasteiger partial charge in [-0.3, -0.25) is 5.32 Å². The van der Waals surface area contributed by atoms with Gasteiger partial charge in [-0.25, -0.2) is 0 Å². The van der Waals surface area contributed by atoms with Gasteiger partial charge in [-0.2, -0.15) is 26.3 Å². The highest BCUT2D eigenvalue weighted by atomic mass is 19.4. The number of nitrogens with one attached hydrogen (secondary N) is 1. The number of hydrogen-bond donors (Lipinski definition) is 1. The van der Waals surface area contributed by atoms with E-state index in [1.165, 1.54) is 12.1 Å². The van der Waals surface area contributed by atoms with Crippen LogP contribution in [0.4, 0.5) is 26.3 Å². The van der Waals surface area contributed by atoms with Gasteiger partial charge in [0.05, 0.1) is 0 Å². The van der Waals surface area contributed by atoms with Crippen molar-refractivity contribution >= 4 is 0 Å². The molecule has 1 aliphatic heterocycles. The number of fused-ring (bicyclic) bond motifs is 1. The van der Waals surface area contributed by atoms with Gasteiger partial charge in [0.15, 0.2) is 0 Å². The minimum Gasteiger partial charge on any atom is -0.292 e. The number of rotatable bonds is 1. The number of benzene rings is 1. The summed E-state index contributed by atoms with van der Waals surface area (Å²) in [5.41, 5.74) is -3.87. The molecule has 2 rings (SSSR count). The maximum absolute atomic E-state index is 13.2. The molecule has 0 radical (unpaired) electrons. The van der Waals surface area contributed by atoms with Gasteiger partial charge < -0.3 is 0 Å². The SMILES string of the molecule is CCc1ccc2c(c1)CCNC2(C(F)(F)F)C(F)(F)F. The second-order valence-electron chi connectivity index (χ2n) is 4.77. The molecule has 0 spiro atoms. The summed E-state index contributed by atoms with van der Waals surface area (Å²) in [6.45, 7) is 1.43. The molecule has 0 fully saturated rings. The van der Waals surface area contributed by atoms with E-state index >= 15 is 0 Å². The second kappa shape index (κ2) is 4.65. The fraction of sp³-hybridized carbons (Fsp3) is 0.538. The van der Waals surface area contributed by atoms with Crippen molar-refractivity contribution in [2.75, 3.05) is 6.54 Å². The third-order valence-corrected chi connectivity index (χ3v) is 3.62. The Morgan fingerprint density at radius 3 is 2.20 bits per heavy atom. The first-order valence-corrected chi connectivity index (χ1v) is 6.14. The summed E-state index contributed by atoms with van der Waals surface area (Å²) in [5.74, 6) is 0. The lowest BCUT2D eigenvalue weighted by atomic mass is 9.80. The van der Waals surface area contributed by atoms with Crippen LogP contribution in [0.5, 0.6) is 0 Å². The third kappa shape index (κ3) is 2.08. The Labute approximate surface area is 112 Å². The molecule has 7 heteroatoms. The second-order valence-corrected chi connectivity index (χ2v) is 4.77. The van der Waals surface area contributed by atoms with E-state index in [0.717, 1.165) is 11.6 Å². The Kier molecular flexibility index (Phi) is 3.52. The molecular formula is C13H13F6N. The third-order valence-electron chi connectivity index (χ3n) is 3.62. The van der Waals surface area contributed by atoms with Crippen molar-refractivity contribution in [3.8, 4) is 0 Å². The molecule has 112 valence electrons. The molecule has 0 aliphatic carbocycles. The highest BCUT2D eigenvalue weighted by Crippen LogP contribution is 2.52. The number of aryl methyl sites for hydroxylation is 1. The van der Waals surface area contributed by atoms with Crippen LogP contribution in [0, 0.1) is 0 Å². The zero-order chi connectivity index (χ0) is 15.2. The molecule has 0 aromatic heterocycles. The molecular weight excluding hydrogens is 284 g/mol. The van der Waals surface area contributed by atoms with E-state index in [1.807, 2.05) is 0 Å². The molecule has 1 aliphatic rings. The van der Waals surface area contributed by atoms with E-state index in [0.29, 0.717) is 6.42 Å². The summed E-state index contributed by atoms with van der Waals surface area (Å²) in [4.78, 5) is 0. The topological polar surface area (TPSA) is 12.0 Å². The van der Waals surface area contributed by atoms with Gasteiger partial charge in [0.25, 0.3) is 0 Å². The first-order valence-electron chi connectivity index (χ1n) is 6.14. The van der Waals surface area contributed by atoms with Crippen molar-refractivity contribution in [2.24, 2.45) is 0 Å². The van der Waals surface area contributed by atoms with Crippen LogP contribution in [0.3, 0.4) is 0 Å². The van der Waals surface area contributed by atoms with Crippen LogP contribution in [0.25, 0.3) is 0 Å². The lowest BCUT2D eigenvalue weighted by Crippen LogP contribution is -2.65. The minimum absolute atomic E-state index is 0.109. The summed E-state index contributed by atoms with van der Waals surface area (Å²) in [6, 6.07) is 3.70. The lowest BCUT2D eigenvalue weighted by Gasteiger charge is -2.42. The maximum Gasteiger partial charge on any atom is 0.419 e. The Morgan fingerprint density at radius 1 is 1.10 bits per heavy atom. The normalized spacial score (nSPS) is 18.8. The van der Waals surface area contributed by atoms with Crippen LogP contribution in [0.1, 0.15) is 23.6 Å². The molecule has 20 heavy (non-hydrogen) atoms. The molecule has 0 saturated carbocycles. The first-order chi connectivity index (χ1) is 9.13. The largest absolute Gasteiger partial charge is 0.419 e. The predicted octanol–water partition coefficient (Wildman–Crippen LogP) is 3.71. The summed E-state index contributed by atoms with van der Waals surface area (Å²) in [7, 11) is 0. The average molecular weight is 297 g/mol. The molecule has 0 unspecified atom stereocenters. The van der Waals surface area contributed by atoms with Crippen molar-refractivity contribution < 1.29 is 26.3 Å². The standard InChI is InChI=1S/C13H13F6N/c1-2-8-3-4-10-9(7-8)5-6-20-11(10,12(14,15)16)13(17,18)19/h3-4,7,20H,2,5-6H2,1H3. The van der Waals surface area contributed by atoms with Gasteiger partial charge in [-0.15, -0.1) is 0 Å². The molecule has 0 saturated heterocycles. The van der Waals surface area contributed by atoms with E-state index in [-0.39, 0.29) is 18.5 Å². The van der Waals surface area contributed by atoms with Gasteiger partial charge in [0, 0.05) is 6.54 Å². The van der Waals surface area contributed by atoms with E-state index in [2.05, 4.69) is 0 Å². The molecule has 0 amide bonds. The average Bonchev–Trinajstić information content (AvgIpc) is 2.34. The zero-order valence-electron chi connectivity index (χ0n) is 10.6. The van der Waals surface area contributed by atoms with Crippen molar-refractivity contribution in [1.82, 2.24) is 5.32 Å². The molecule has 1 heterocycles. The highest BCUT2D eigenvalue weighted by Gasteiger charge is 2.72. The highest BCUT2D eigenvalue weighted by molar-refractivity contribution is 5.42. The Hall–Kier alpha value is -1.24. The summed E-state index contributed by atoms with van der Waals surface area (Å²) >= 11 is 0. The smallest absolute Gasteiger partial charge is 0.292 e. The summed E-state index contributed by atoms with van der Waals surface area (Å²) < 4.78 is 79.0. The summed E-state index contributed by atoms with van der Waals surface area (Å²) in [5, 5.41) is 1.66. The maximum atomic E-state index is 13.2. The lowest BCUT2D eigenvalue weighted by molar-refractivity contribution is -0.315. The van der Waals surface area contributed by atoms with Gasteiger partial charge in [-0.1, -0.05) is 25.1 Å². The molecule has 1 N–H and O–H groups in total. The van der Waals surface area contributed by atoms with E-state index < -0.39 is 23.5 Å². The molecule has 1 nitrogen and oxygen atoms in total. The molecule has 1 aromatic rings. The van der Waals surface area contributed by atoms with Crippen LogP contribution in [0.15, 0.2) is 18.2 Å². The van der Waals surface area contributed by atoms with Crippen molar-refractivity contribution in [3.05, 3.63) is 34.9 Å². The number of hydrogen-bond acceptors (Lipinski definition) is 1. The van der Waals surface area contributed by atoms with E-state index in [9.17, 15) is 26.3 Å². The van der Waals surface area contributed by atoms with E-state index in [4.69, 9.17) is 0 Å². The fourth-order valence-electron chi connectivity index (χ4n) is 2.59. The van der Waals surface area contributed by atoms with Crippen molar-refractivity contribution in [1.29, 1.82) is 0 Å². The van der Waals surface area contributed by atoms with Crippen LogP contribution >= 0.6 is 0 Å². The first kappa shape index (κ1) is 15.2. The summed E-state index contributed by atoms with van der Waals surface area (Å²) in [6.07, 6.45) is -10.2. The predicted molar refractivity (Wildman–Crippen MR) is 61.3 cm³/mol. The number of alkyl halides is 6. The molecule has 1 aromatic carbocycles. The van der Waals surface area contributed by atoms with Crippen LogP contribution < -0.4 is 5.32 Å². The quantitative estimate of drug-likeness (QED) is 0.779. The Balaban J connectivity index is 2.69. The minimum atomic E-state index is -5.45. The fourth-order valence-corrected chi connectivity index (χ4v) is 2.59. The molecule has 0 bridgehead atoms. The molecule has 0 atom stereocenters. The Bertz CT molecular complexity index is 489. The van der Waals surface area contributed by atoms with Crippen molar-refractivity contribution in [2.45, 2.75) is 37.7 Å². The van der Waals surface area contributed by atoms with Crippen LogP contribution in [0.2, 0.25) is 0 Å². The Morgan fingerprint density at radius 2 is 1.70 bits per heavy atom. The van der Waals surface area contributed by atoms with E-state index in [1.54, 1.807) is 12.2 Å². The zero-order valence-corrected chi connectivity index (χ0v) is 10.6. The number of halogens is 6. The van der Waals surface area contributed by atoms with Gasteiger partial charge in [0.2, 0.25) is 5.54 Å².